The SMILES string of the molecule is Cc1cc(OCCC(C)CCCC(C)CCCC(C)CCCC(C)C)c(OCCC(C)CCCC(C)CCCC(C)CCCC(C)C)c(OCCC(C)CCCC(C)CCCC(C)CCCC(C)C)c1. The van der Waals surface area contributed by atoms with Crippen LogP contribution in [-0.2, 0) is 0 Å². The Morgan fingerprint density at radius 2 is 0.443 bits per heavy atom. The normalized spacial score (nSPS) is 16.0. The highest BCUT2D eigenvalue weighted by Gasteiger charge is 2.18. The summed E-state index contributed by atoms with van der Waals surface area (Å²) in [5.74, 6) is 12.2. The van der Waals surface area contributed by atoms with E-state index >= 15 is 0 Å². The van der Waals surface area contributed by atoms with Crippen LogP contribution in [0.25, 0.3) is 0 Å². The molecule has 0 heterocycles. The van der Waals surface area contributed by atoms with Crippen LogP contribution in [0.2, 0.25) is 0 Å². The summed E-state index contributed by atoms with van der Waals surface area (Å²) >= 11 is 0. The molecule has 9 atom stereocenters. The molecule has 0 aliphatic carbocycles. The van der Waals surface area contributed by atoms with E-state index in [4.69, 9.17) is 14.2 Å². The maximum absolute atomic E-state index is 6.74. The van der Waals surface area contributed by atoms with Crippen molar-refractivity contribution in [2.75, 3.05) is 19.8 Å². The van der Waals surface area contributed by atoms with Gasteiger partial charge in [0.15, 0.2) is 11.5 Å². The molecule has 0 aliphatic heterocycles. The molecule has 0 amide bonds. The first-order chi connectivity index (χ1) is 33.3. The number of rotatable bonds is 48. The van der Waals surface area contributed by atoms with E-state index < -0.39 is 0 Å². The van der Waals surface area contributed by atoms with Gasteiger partial charge in [0.25, 0.3) is 0 Å². The minimum Gasteiger partial charge on any atom is -0.490 e. The van der Waals surface area contributed by atoms with E-state index in [2.05, 4.69) is 123 Å². The minimum absolute atomic E-state index is 0.644. The lowest BCUT2D eigenvalue weighted by molar-refractivity contribution is 0.215. The van der Waals surface area contributed by atoms with Crippen molar-refractivity contribution in [3.8, 4) is 17.2 Å². The molecule has 9 unspecified atom stereocenters. The zero-order valence-corrected chi connectivity index (χ0v) is 50.6. The molecule has 1 aromatic carbocycles. The number of hydrogen-bond donors (Lipinski definition) is 0. The Morgan fingerprint density at radius 1 is 0.257 bits per heavy atom. The zero-order chi connectivity index (χ0) is 52.1. The van der Waals surface area contributed by atoms with Crippen LogP contribution in [0.1, 0.15) is 302 Å². The maximum Gasteiger partial charge on any atom is 0.203 e. The van der Waals surface area contributed by atoms with Gasteiger partial charge in [-0.2, -0.15) is 0 Å². The summed E-state index contributed by atoms with van der Waals surface area (Å²) in [6, 6.07) is 4.38. The van der Waals surface area contributed by atoms with Crippen LogP contribution in [0, 0.1) is 77.9 Å². The molecule has 70 heavy (non-hydrogen) atoms. The van der Waals surface area contributed by atoms with E-state index in [1.807, 2.05) is 0 Å². The number of aryl methyl sites for hydroxylation is 1. The third kappa shape index (κ3) is 38.2. The second kappa shape index (κ2) is 41.9. The average Bonchev–Trinajstić information content (AvgIpc) is 3.26. The predicted octanol–water partition coefficient (Wildman–Crippen LogP) is 22.5. The molecule has 0 bridgehead atoms. The van der Waals surface area contributed by atoms with Gasteiger partial charge in [0.2, 0.25) is 5.75 Å². The summed E-state index contributed by atoms with van der Waals surface area (Å²) in [6.45, 7) is 40.6. The third-order valence-corrected chi connectivity index (χ3v) is 16.6. The van der Waals surface area contributed by atoms with Gasteiger partial charge in [-0.25, -0.2) is 0 Å². The lowest BCUT2D eigenvalue weighted by Crippen LogP contribution is -2.11. The van der Waals surface area contributed by atoms with Crippen LogP contribution in [0.4, 0.5) is 0 Å². The lowest BCUT2D eigenvalue weighted by Gasteiger charge is -2.21. The first-order valence-corrected chi connectivity index (χ1v) is 31.4. The van der Waals surface area contributed by atoms with Gasteiger partial charge in [0, 0.05) is 0 Å². The van der Waals surface area contributed by atoms with Gasteiger partial charge in [-0.15, -0.1) is 0 Å². The van der Waals surface area contributed by atoms with E-state index in [0.29, 0.717) is 24.4 Å². The molecule has 3 nitrogen and oxygen atoms in total. The van der Waals surface area contributed by atoms with Crippen molar-refractivity contribution in [1.82, 2.24) is 0 Å². The molecule has 0 aliphatic rings. The van der Waals surface area contributed by atoms with Crippen molar-refractivity contribution in [1.29, 1.82) is 0 Å². The molecular weight excluding hydrogens is 853 g/mol. The first kappa shape index (κ1) is 66.6. The van der Waals surface area contributed by atoms with E-state index in [0.717, 1.165) is 103 Å². The molecule has 0 N–H and O–H groups in total. The smallest absolute Gasteiger partial charge is 0.203 e. The van der Waals surface area contributed by atoms with Crippen molar-refractivity contribution in [3.63, 3.8) is 0 Å². The standard InChI is InChI=1S/C67H128O3/c1-52(2)26-17-29-55(7)32-20-35-58(10)38-23-41-61(13)44-47-68-65-50-64(16)51-66(69-48-45-62(14)42-24-39-59(11)36-21-33-56(8)30-18-27-53(3)4)67(65)70-49-46-63(15)43-25-40-60(12)37-22-34-57(9)31-19-28-54(5)6/h50-63H,17-49H2,1-16H3. The second-order valence-corrected chi connectivity index (χ2v) is 26.5. The summed E-state index contributed by atoms with van der Waals surface area (Å²) in [7, 11) is 0. The monoisotopic (exact) mass is 981 g/mol. The minimum atomic E-state index is 0.644. The molecule has 0 fully saturated rings. The molecule has 1 aromatic rings. The summed E-state index contributed by atoms with van der Waals surface area (Å²) in [5, 5.41) is 0. The summed E-state index contributed by atoms with van der Waals surface area (Å²) < 4.78 is 20.1. The molecule has 1 rings (SSSR count). The van der Waals surface area contributed by atoms with E-state index in [9.17, 15) is 0 Å². The van der Waals surface area contributed by atoms with Crippen molar-refractivity contribution in [2.24, 2.45) is 71.0 Å². The van der Waals surface area contributed by atoms with Gasteiger partial charge in [0.05, 0.1) is 19.8 Å². The Kier molecular flexibility index (Phi) is 39.9. The molecule has 0 aromatic heterocycles. The predicted molar refractivity (Wildman–Crippen MR) is 313 cm³/mol. The quantitative estimate of drug-likeness (QED) is 0.0651. The Bertz CT molecular complexity index is 1250. The van der Waals surface area contributed by atoms with Crippen molar-refractivity contribution in [3.05, 3.63) is 17.7 Å². The molecule has 0 radical (unpaired) electrons. The van der Waals surface area contributed by atoms with Gasteiger partial charge in [-0.1, -0.05) is 277 Å². The second-order valence-electron chi connectivity index (χ2n) is 26.5. The van der Waals surface area contributed by atoms with E-state index in [-0.39, 0.29) is 0 Å². The van der Waals surface area contributed by atoms with Crippen LogP contribution in [-0.4, -0.2) is 19.8 Å². The molecule has 0 saturated carbocycles. The van der Waals surface area contributed by atoms with E-state index in [1.165, 1.54) is 179 Å². The molecular formula is C67H128O3. The van der Waals surface area contributed by atoms with Gasteiger partial charge < -0.3 is 14.2 Å². The van der Waals surface area contributed by atoms with Crippen LogP contribution < -0.4 is 14.2 Å². The average molecular weight is 982 g/mol. The maximum atomic E-state index is 6.74. The summed E-state index contributed by atoms with van der Waals surface area (Å²) in [5.41, 5.74) is 1.18. The Labute approximate surface area is 441 Å². The Hall–Kier alpha value is -1.38. The van der Waals surface area contributed by atoms with Crippen molar-refractivity contribution in [2.45, 2.75) is 303 Å². The lowest BCUT2D eigenvalue weighted by atomic mass is 9.91. The number of hydrogen-bond acceptors (Lipinski definition) is 3. The summed E-state index contributed by atoms with van der Waals surface area (Å²) in [6.07, 6.45) is 40.3. The van der Waals surface area contributed by atoms with Crippen LogP contribution in [0.15, 0.2) is 12.1 Å². The zero-order valence-electron chi connectivity index (χ0n) is 50.6. The third-order valence-electron chi connectivity index (χ3n) is 16.6. The topological polar surface area (TPSA) is 27.7 Å². The van der Waals surface area contributed by atoms with Crippen molar-refractivity contribution >= 4 is 0 Å². The van der Waals surface area contributed by atoms with Crippen LogP contribution >= 0.6 is 0 Å². The van der Waals surface area contributed by atoms with Gasteiger partial charge in [0.1, 0.15) is 0 Å². The molecule has 414 valence electrons. The van der Waals surface area contributed by atoms with Crippen LogP contribution in [0.5, 0.6) is 17.2 Å². The fourth-order valence-corrected chi connectivity index (χ4v) is 11.0. The van der Waals surface area contributed by atoms with Gasteiger partial charge >= 0.3 is 0 Å². The highest BCUT2D eigenvalue weighted by molar-refractivity contribution is 5.53. The molecule has 0 saturated heterocycles. The van der Waals surface area contributed by atoms with E-state index in [1.54, 1.807) is 0 Å². The highest BCUT2D eigenvalue weighted by Crippen LogP contribution is 2.40. The number of ether oxygens (including phenoxy) is 3. The Morgan fingerprint density at radius 3 is 0.657 bits per heavy atom. The molecule has 0 spiro atoms. The fraction of sp³-hybridized carbons (Fsp3) is 0.910. The first-order valence-electron chi connectivity index (χ1n) is 31.4. The Balaban J connectivity index is 2.70. The largest absolute Gasteiger partial charge is 0.490 e. The van der Waals surface area contributed by atoms with Crippen molar-refractivity contribution < 1.29 is 14.2 Å². The highest BCUT2D eigenvalue weighted by atomic mass is 16.5. The number of benzene rings is 1. The van der Waals surface area contributed by atoms with Crippen LogP contribution in [0.3, 0.4) is 0 Å². The molecule has 3 heteroatoms. The summed E-state index contributed by atoms with van der Waals surface area (Å²) in [4.78, 5) is 0. The van der Waals surface area contributed by atoms with Gasteiger partial charge in [-0.3, -0.25) is 0 Å². The van der Waals surface area contributed by atoms with Gasteiger partial charge in [-0.05, 0) is 115 Å². The fourth-order valence-electron chi connectivity index (χ4n) is 11.0.